The summed E-state index contributed by atoms with van der Waals surface area (Å²) in [7, 11) is 2.92. The highest BCUT2D eigenvalue weighted by Gasteiger charge is 2.25. The van der Waals surface area contributed by atoms with E-state index in [9.17, 15) is 4.79 Å². The van der Waals surface area contributed by atoms with Crippen molar-refractivity contribution in [2.24, 2.45) is 0 Å². The van der Waals surface area contributed by atoms with Gasteiger partial charge in [0.1, 0.15) is 15.6 Å². The summed E-state index contributed by atoms with van der Waals surface area (Å²) in [5, 5.41) is 0.899. The van der Waals surface area contributed by atoms with Gasteiger partial charge in [-0.05, 0) is 13.3 Å². The summed E-state index contributed by atoms with van der Waals surface area (Å²) in [4.78, 5) is 14.3. The summed E-state index contributed by atoms with van der Waals surface area (Å²) < 4.78 is 10.1. The predicted molar refractivity (Wildman–Crippen MR) is 79.4 cm³/mol. The molecule has 0 spiro atoms. The van der Waals surface area contributed by atoms with E-state index >= 15 is 0 Å². The Bertz CT molecular complexity index is 432. The van der Waals surface area contributed by atoms with Crippen LogP contribution in [0.1, 0.15) is 36.4 Å². The highest BCUT2D eigenvalue weighted by atomic mass is 32.1. The Balaban J connectivity index is 3.14. The number of carbonyl (C=O) groups is 1. The zero-order valence-corrected chi connectivity index (χ0v) is 12.8. The van der Waals surface area contributed by atoms with Crippen LogP contribution in [-0.4, -0.2) is 33.3 Å². The summed E-state index contributed by atoms with van der Waals surface area (Å²) in [5.41, 5.74) is 6.34. The molecule has 1 heterocycles. The molecular formula is C13H22N2O3S. The number of anilines is 2. The van der Waals surface area contributed by atoms with E-state index in [0.29, 0.717) is 16.3 Å². The second kappa shape index (κ2) is 7.23. The first-order valence-electron chi connectivity index (χ1n) is 6.40. The summed E-state index contributed by atoms with van der Waals surface area (Å²) in [5.74, 6) is 0.155. The van der Waals surface area contributed by atoms with E-state index in [4.69, 9.17) is 15.2 Å². The molecule has 19 heavy (non-hydrogen) atoms. The van der Waals surface area contributed by atoms with Crippen LogP contribution in [0.3, 0.4) is 0 Å². The molecule has 1 aromatic rings. The van der Waals surface area contributed by atoms with Crippen LogP contribution in [0.2, 0.25) is 0 Å². The fraction of sp³-hybridized carbons (Fsp3) is 0.615. The third-order valence-corrected chi connectivity index (χ3v) is 4.14. The molecule has 108 valence electrons. The normalized spacial score (nSPS) is 10.3. The average molecular weight is 286 g/mol. The number of ether oxygens (including phenoxy) is 2. The highest BCUT2D eigenvalue weighted by molar-refractivity contribution is 7.19. The minimum absolute atomic E-state index is 0.365. The van der Waals surface area contributed by atoms with E-state index in [-0.39, 0.29) is 0 Å². The Morgan fingerprint density at radius 2 is 2.05 bits per heavy atom. The van der Waals surface area contributed by atoms with Gasteiger partial charge in [-0.25, -0.2) is 4.79 Å². The van der Waals surface area contributed by atoms with Crippen molar-refractivity contribution in [3.8, 4) is 5.75 Å². The summed E-state index contributed by atoms with van der Waals surface area (Å²) in [6.45, 7) is 5.98. The first-order valence-corrected chi connectivity index (χ1v) is 7.21. The quantitative estimate of drug-likeness (QED) is 0.781. The number of hydrogen-bond acceptors (Lipinski definition) is 6. The molecule has 0 aliphatic heterocycles. The first-order chi connectivity index (χ1) is 9.10. The van der Waals surface area contributed by atoms with Gasteiger partial charge < -0.3 is 20.1 Å². The molecule has 2 N–H and O–H groups in total. The molecule has 0 amide bonds. The van der Waals surface area contributed by atoms with Gasteiger partial charge in [-0.2, -0.15) is 0 Å². The minimum Gasteiger partial charge on any atom is -0.492 e. The number of thiophene rings is 1. The molecule has 0 saturated heterocycles. The number of nitrogen functional groups attached to an aromatic ring is 1. The van der Waals surface area contributed by atoms with Gasteiger partial charge in [-0.1, -0.05) is 13.3 Å². The summed E-state index contributed by atoms with van der Waals surface area (Å²) in [6.07, 6.45) is 2.20. The molecule has 1 aromatic heterocycles. The fourth-order valence-corrected chi connectivity index (χ4v) is 3.02. The maximum absolute atomic E-state index is 11.7. The standard InChI is InChI=1S/C13H22N2O3S/c1-5-7-8-15(6-2)12-10(17-3)9(14)11(19-12)13(16)18-4/h5-8,14H2,1-4H3. The van der Waals surface area contributed by atoms with Crippen LogP contribution in [0, 0.1) is 0 Å². The van der Waals surface area contributed by atoms with E-state index in [1.807, 2.05) is 0 Å². The molecule has 0 aromatic carbocycles. The van der Waals surface area contributed by atoms with Gasteiger partial charge in [-0.3, -0.25) is 0 Å². The Labute approximate surface area is 118 Å². The number of methoxy groups -OCH3 is 2. The van der Waals surface area contributed by atoms with Gasteiger partial charge in [0.2, 0.25) is 0 Å². The molecule has 0 aliphatic carbocycles. The summed E-state index contributed by atoms with van der Waals surface area (Å²) >= 11 is 1.33. The Morgan fingerprint density at radius 3 is 2.53 bits per heavy atom. The minimum atomic E-state index is -0.418. The van der Waals surface area contributed by atoms with Crippen LogP contribution in [0.15, 0.2) is 0 Å². The van der Waals surface area contributed by atoms with Crippen LogP contribution >= 0.6 is 11.3 Å². The van der Waals surface area contributed by atoms with Crippen LogP contribution in [-0.2, 0) is 4.74 Å². The van der Waals surface area contributed by atoms with Crippen LogP contribution in [0.4, 0.5) is 10.7 Å². The highest BCUT2D eigenvalue weighted by Crippen LogP contribution is 2.45. The van der Waals surface area contributed by atoms with Crippen LogP contribution in [0.25, 0.3) is 0 Å². The third-order valence-electron chi connectivity index (χ3n) is 2.91. The first kappa shape index (κ1) is 15.6. The largest absolute Gasteiger partial charge is 0.492 e. The molecule has 6 heteroatoms. The molecule has 0 bridgehead atoms. The smallest absolute Gasteiger partial charge is 0.350 e. The number of unbranched alkanes of at least 4 members (excludes halogenated alkanes) is 1. The lowest BCUT2D eigenvalue weighted by molar-refractivity contribution is 0.0607. The second-order valence-electron chi connectivity index (χ2n) is 4.11. The van der Waals surface area contributed by atoms with Gasteiger partial charge >= 0.3 is 5.97 Å². The topological polar surface area (TPSA) is 64.8 Å². The second-order valence-corrected chi connectivity index (χ2v) is 5.11. The van der Waals surface area contributed by atoms with Gasteiger partial charge in [0.25, 0.3) is 0 Å². The van der Waals surface area contributed by atoms with Crippen molar-refractivity contribution >= 4 is 28.0 Å². The maximum Gasteiger partial charge on any atom is 0.350 e. The van der Waals surface area contributed by atoms with Gasteiger partial charge in [0, 0.05) is 13.1 Å². The van der Waals surface area contributed by atoms with E-state index < -0.39 is 5.97 Å². The van der Waals surface area contributed by atoms with Crippen molar-refractivity contribution < 1.29 is 14.3 Å². The molecule has 0 fully saturated rings. The third kappa shape index (κ3) is 3.32. The summed E-state index contributed by atoms with van der Waals surface area (Å²) in [6, 6.07) is 0. The SMILES string of the molecule is CCCCN(CC)c1sc(C(=O)OC)c(N)c1OC. The molecule has 0 radical (unpaired) electrons. The number of carbonyl (C=O) groups excluding carboxylic acids is 1. The lowest BCUT2D eigenvalue weighted by atomic mass is 10.3. The average Bonchev–Trinajstić information content (AvgIpc) is 2.76. The number of hydrogen-bond donors (Lipinski definition) is 1. The van der Waals surface area contributed by atoms with Crippen molar-refractivity contribution in [2.75, 3.05) is 37.9 Å². The molecule has 0 saturated carbocycles. The van der Waals surface area contributed by atoms with Crippen molar-refractivity contribution in [1.29, 1.82) is 0 Å². The Morgan fingerprint density at radius 1 is 1.37 bits per heavy atom. The van der Waals surface area contributed by atoms with Crippen molar-refractivity contribution in [3.63, 3.8) is 0 Å². The molecule has 5 nitrogen and oxygen atoms in total. The zero-order valence-electron chi connectivity index (χ0n) is 12.0. The number of nitrogens with two attached hydrogens (primary N) is 1. The number of esters is 1. The van der Waals surface area contributed by atoms with Crippen molar-refractivity contribution in [3.05, 3.63) is 4.88 Å². The van der Waals surface area contributed by atoms with Gasteiger partial charge in [-0.15, -0.1) is 11.3 Å². The molecule has 0 aliphatic rings. The fourth-order valence-electron chi connectivity index (χ4n) is 1.82. The van der Waals surface area contributed by atoms with E-state index in [1.165, 1.54) is 18.4 Å². The van der Waals surface area contributed by atoms with Crippen molar-refractivity contribution in [1.82, 2.24) is 0 Å². The predicted octanol–water partition coefficient (Wildman–Crippen LogP) is 2.75. The van der Waals surface area contributed by atoms with Gasteiger partial charge in [0.15, 0.2) is 5.75 Å². The van der Waals surface area contributed by atoms with Crippen molar-refractivity contribution in [2.45, 2.75) is 26.7 Å². The number of rotatable bonds is 7. The Hall–Kier alpha value is -1.43. The lowest BCUT2D eigenvalue weighted by Crippen LogP contribution is -2.23. The van der Waals surface area contributed by atoms with E-state index in [1.54, 1.807) is 7.11 Å². The van der Waals surface area contributed by atoms with E-state index in [0.717, 1.165) is 30.9 Å². The van der Waals surface area contributed by atoms with E-state index in [2.05, 4.69) is 18.7 Å². The Kier molecular flexibility index (Phi) is 5.95. The van der Waals surface area contributed by atoms with Crippen LogP contribution in [0.5, 0.6) is 5.75 Å². The molecular weight excluding hydrogens is 264 g/mol. The molecule has 0 atom stereocenters. The maximum atomic E-state index is 11.7. The van der Waals surface area contributed by atoms with Crippen LogP contribution < -0.4 is 15.4 Å². The van der Waals surface area contributed by atoms with Gasteiger partial charge in [0.05, 0.1) is 14.2 Å². The molecule has 1 rings (SSSR count). The molecule has 0 unspecified atom stereocenters. The zero-order chi connectivity index (χ0) is 14.4. The monoisotopic (exact) mass is 286 g/mol. The lowest BCUT2D eigenvalue weighted by Gasteiger charge is -2.22. The number of nitrogens with zero attached hydrogens (tertiary/aromatic N) is 1.